The van der Waals surface area contributed by atoms with Crippen molar-refractivity contribution in [3.63, 3.8) is 0 Å². The molecule has 31 heavy (non-hydrogen) atoms. The Bertz CT molecular complexity index is 873. The Morgan fingerprint density at radius 2 is 1.97 bits per heavy atom. The lowest BCUT2D eigenvalue weighted by Crippen LogP contribution is -2.48. The van der Waals surface area contributed by atoms with E-state index in [0.717, 1.165) is 51.6 Å². The maximum atomic E-state index is 12.9. The van der Waals surface area contributed by atoms with Crippen LogP contribution in [0, 0.1) is 5.41 Å². The van der Waals surface area contributed by atoms with Crippen molar-refractivity contribution in [3.05, 3.63) is 48.5 Å². The summed E-state index contributed by atoms with van der Waals surface area (Å²) in [6.45, 7) is 3.47. The van der Waals surface area contributed by atoms with Gasteiger partial charge in [0, 0.05) is 45.0 Å². The van der Waals surface area contributed by atoms with Crippen LogP contribution in [-0.2, 0) is 11.3 Å². The van der Waals surface area contributed by atoms with Crippen molar-refractivity contribution >= 4 is 11.8 Å². The molecule has 0 saturated carbocycles. The quantitative estimate of drug-likeness (QED) is 0.821. The molecule has 0 aliphatic carbocycles. The monoisotopic (exact) mass is 424 g/mol. The molecule has 3 heterocycles. The maximum absolute atomic E-state index is 12.9. The summed E-state index contributed by atoms with van der Waals surface area (Å²) < 4.78 is 7.79. The van der Waals surface area contributed by atoms with Crippen LogP contribution in [0.25, 0.3) is 0 Å². The van der Waals surface area contributed by atoms with Crippen molar-refractivity contribution in [2.24, 2.45) is 5.41 Å². The first-order chi connectivity index (χ1) is 15.2. The molecule has 2 aliphatic heterocycles. The van der Waals surface area contributed by atoms with Gasteiger partial charge in [-0.3, -0.25) is 9.59 Å². The molecule has 0 atom stereocenters. The van der Waals surface area contributed by atoms with Crippen LogP contribution in [-0.4, -0.2) is 52.5 Å². The number of nitrogens with zero attached hydrogens (tertiary/aromatic N) is 3. The zero-order valence-corrected chi connectivity index (χ0v) is 18.1. The summed E-state index contributed by atoms with van der Waals surface area (Å²) in [7, 11) is 0. The molecule has 1 saturated heterocycles. The molecule has 0 bridgehead atoms. The Labute approximate surface area is 183 Å². The van der Waals surface area contributed by atoms with Crippen LogP contribution in [0.3, 0.4) is 0 Å². The van der Waals surface area contributed by atoms with Crippen LogP contribution in [0.5, 0.6) is 5.75 Å². The van der Waals surface area contributed by atoms with Crippen molar-refractivity contribution in [2.75, 3.05) is 26.2 Å². The minimum Gasteiger partial charge on any atom is -0.493 e. The highest BCUT2D eigenvalue weighted by atomic mass is 16.5. The molecule has 1 aromatic heterocycles. The minimum absolute atomic E-state index is 0.0613. The van der Waals surface area contributed by atoms with Gasteiger partial charge in [0.1, 0.15) is 5.75 Å². The van der Waals surface area contributed by atoms with Crippen molar-refractivity contribution in [1.82, 2.24) is 19.8 Å². The molecule has 7 nitrogen and oxygen atoms in total. The molecule has 1 aromatic carbocycles. The number of fused-ring (bicyclic) bond motifs is 1. The smallest absolute Gasteiger partial charge is 0.255 e. The summed E-state index contributed by atoms with van der Waals surface area (Å²) >= 11 is 0. The molecule has 1 fully saturated rings. The van der Waals surface area contributed by atoms with Gasteiger partial charge in [0.25, 0.3) is 5.91 Å². The second-order valence-corrected chi connectivity index (χ2v) is 8.77. The molecule has 4 rings (SSSR count). The van der Waals surface area contributed by atoms with Gasteiger partial charge < -0.3 is 19.5 Å². The van der Waals surface area contributed by atoms with Crippen LogP contribution in [0.2, 0.25) is 0 Å². The van der Waals surface area contributed by atoms with E-state index in [1.165, 1.54) is 0 Å². The number of ether oxygens (including phenoxy) is 1. The lowest BCUT2D eigenvalue weighted by molar-refractivity contribution is -0.133. The van der Waals surface area contributed by atoms with Gasteiger partial charge in [0.15, 0.2) is 0 Å². The van der Waals surface area contributed by atoms with Gasteiger partial charge in [-0.2, -0.15) is 0 Å². The van der Waals surface area contributed by atoms with Crippen molar-refractivity contribution < 1.29 is 14.3 Å². The Kier molecular flexibility index (Phi) is 6.89. The Morgan fingerprint density at radius 1 is 1.13 bits per heavy atom. The third-order valence-electron chi connectivity index (χ3n) is 6.68. The number of benzene rings is 1. The first-order valence-corrected chi connectivity index (χ1v) is 11.4. The van der Waals surface area contributed by atoms with Gasteiger partial charge in [-0.15, -0.1) is 0 Å². The van der Waals surface area contributed by atoms with E-state index in [-0.39, 0.29) is 17.2 Å². The molecule has 0 unspecified atom stereocenters. The van der Waals surface area contributed by atoms with Crippen LogP contribution >= 0.6 is 0 Å². The van der Waals surface area contributed by atoms with Gasteiger partial charge in [0.05, 0.1) is 18.5 Å². The fourth-order valence-corrected chi connectivity index (χ4v) is 4.65. The number of nitrogens with one attached hydrogen (secondary N) is 1. The molecule has 2 aromatic rings. The van der Waals surface area contributed by atoms with E-state index < -0.39 is 0 Å². The lowest BCUT2D eigenvalue weighted by Gasteiger charge is -2.42. The number of piperidine rings is 1. The number of hydrogen-bond acceptors (Lipinski definition) is 4. The van der Waals surface area contributed by atoms with E-state index in [0.29, 0.717) is 37.4 Å². The highest BCUT2D eigenvalue weighted by Gasteiger charge is 2.36. The Hall–Kier alpha value is -2.83. The predicted molar refractivity (Wildman–Crippen MR) is 118 cm³/mol. The number of amides is 2. The number of imidazole rings is 1. The van der Waals surface area contributed by atoms with Gasteiger partial charge in [-0.1, -0.05) is 25.0 Å². The number of carbonyl (C=O) groups is 2. The van der Waals surface area contributed by atoms with E-state index in [4.69, 9.17) is 4.74 Å². The highest BCUT2D eigenvalue weighted by molar-refractivity contribution is 5.96. The lowest BCUT2D eigenvalue weighted by atomic mass is 9.74. The van der Waals surface area contributed by atoms with E-state index in [1.54, 1.807) is 12.5 Å². The first kappa shape index (κ1) is 21.4. The second-order valence-electron chi connectivity index (χ2n) is 8.77. The number of likely N-dealkylation sites (tertiary alicyclic amines) is 1. The molecule has 2 aliphatic rings. The number of para-hydroxylation sites is 1. The first-order valence-electron chi connectivity index (χ1n) is 11.4. The zero-order valence-electron chi connectivity index (χ0n) is 18.1. The summed E-state index contributed by atoms with van der Waals surface area (Å²) in [4.78, 5) is 31.5. The van der Waals surface area contributed by atoms with Crippen molar-refractivity contribution in [1.29, 1.82) is 0 Å². The molecule has 1 spiro atoms. The third-order valence-corrected chi connectivity index (χ3v) is 6.68. The molecular weight excluding hydrogens is 392 g/mol. The SMILES string of the molecule is O=C1NCC2(CCCCCOc3ccccc31)CCN(C(=O)CCn1ccnc1)CC2. The van der Waals surface area contributed by atoms with Crippen LogP contribution in [0.15, 0.2) is 43.0 Å². The summed E-state index contributed by atoms with van der Waals surface area (Å²) in [5.74, 6) is 0.786. The molecule has 0 radical (unpaired) electrons. The summed E-state index contributed by atoms with van der Waals surface area (Å²) in [6, 6.07) is 7.46. The fourth-order valence-electron chi connectivity index (χ4n) is 4.65. The largest absolute Gasteiger partial charge is 0.493 e. The Balaban J connectivity index is 1.36. The number of carbonyl (C=O) groups excluding carboxylic acids is 2. The average Bonchev–Trinajstić information content (AvgIpc) is 3.32. The van der Waals surface area contributed by atoms with Crippen molar-refractivity contribution in [3.8, 4) is 5.75 Å². The standard InChI is InChI=1S/C24H32N4O3/c29-22(8-13-27-16-12-25-19-27)28-14-10-24(11-15-28)9-4-1-5-17-31-21-7-3-2-6-20(21)23(30)26-18-24/h2-3,6-7,12,16,19H,1,4-5,8-11,13-15,17-18H2,(H,26,30). The topological polar surface area (TPSA) is 76.5 Å². The van der Waals surface area contributed by atoms with Crippen LogP contribution in [0.1, 0.15) is 55.3 Å². The van der Waals surface area contributed by atoms with Gasteiger partial charge in [-0.05, 0) is 43.2 Å². The third kappa shape index (κ3) is 5.46. The number of rotatable bonds is 3. The number of aromatic nitrogens is 2. The Morgan fingerprint density at radius 3 is 2.77 bits per heavy atom. The van der Waals surface area contributed by atoms with Gasteiger partial charge in [-0.25, -0.2) is 4.98 Å². The maximum Gasteiger partial charge on any atom is 0.255 e. The molecule has 7 heteroatoms. The van der Waals surface area contributed by atoms with E-state index >= 15 is 0 Å². The van der Waals surface area contributed by atoms with E-state index in [2.05, 4.69) is 10.3 Å². The molecule has 1 N–H and O–H groups in total. The average molecular weight is 425 g/mol. The predicted octanol–water partition coefficient (Wildman–Crippen LogP) is 3.26. The number of aryl methyl sites for hydroxylation is 1. The zero-order chi connectivity index (χ0) is 21.5. The van der Waals surface area contributed by atoms with Crippen molar-refractivity contribution in [2.45, 2.75) is 51.5 Å². The molecular formula is C24H32N4O3. The van der Waals surface area contributed by atoms with E-state index in [9.17, 15) is 9.59 Å². The summed E-state index contributed by atoms with van der Waals surface area (Å²) in [5.41, 5.74) is 0.663. The van der Waals surface area contributed by atoms with E-state index in [1.807, 2.05) is 39.9 Å². The highest BCUT2D eigenvalue weighted by Crippen LogP contribution is 2.37. The minimum atomic E-state index is -0.0746. The van der Waals surface area contributed by atoms with Crippen LogP contribution < -0.4 is 10.1 Å². The fraction of sp³-hybridized carbons (Fsp3) is 0.542. The van der Waals surface area contributed by atoms with Crippen LogP contribution in [0.4, 0.5) is 0 Å². The number of hydrogen-bond donors (Lipinski definition) is 1. The molecule has 166 valence electrons. The normalized spacial score (nSPS) is 19.5. The molecule has 2 amide bonds. The summed E-state index contributed by atoms with van der Waals surface area (Å²) in [5, 5.41) is 3.17. The summed E-state index contributed by atoms with van der Waals surface area (Å²) in [6.07, 6.45) is 12.0. The van der Waals surface area contributed by atoms with Gasteiger partial charge in [0.2, 0.25) is 5.91 Å². The van der Waals surface area contributed by atoms with Gasteiger partial charge >= 0.3 is 0 Å². The second kappa shape index (κ2) is 9.98.